The minimum Gasteiger partial charge on any atom is -0.333 e. The second kappa shape index (κ2) is 7.00. The highest BCUT2D eigenvalue weighted by molar-refractivity contribution is 5.97. The molecule has 0 unspecified atom stereocenters. The molecular formula is C19H19N5O2. The Hall–Kier alpha value is -3.14. The van der Waals surface area contributed by atoms with Crippen LogP contribution in [0.1, 0.15) is 64.8 Å². The monoisotopic (exact) mass is 349 g/mol. The van der Waals surface area contributed by atoms with Gasteiger partial charge in [-0.25, -0.2) is 9.97 Å². The first-order chi connectivity index (χ1) is 12.4. The summed E-state index contributed by atoms with van der Waals surface area (Å²) < 4.78 is 0. The van der Waals surface area contributed by atoms with Crippen LogP contribution in [0.5, 0.6) is 0 Å². The van der Waals surface area contributed by atoms with Gasteiger partial charge in [0.1, 0.15) is 17.1 Å². The molecule has 1 aliphatic carbocycles. The number of nitriles is 1. The first-order valence-electron chi connectivity index (χ1n) is 8.42. The van der Waals surface area contributed by atoms with E-state index in [-0.39, 0.29) is 17.9 Å². The number of pyridine rings is 1. The Morgan fingerprint density at radius 1 is 1.27 bits per heavy atom. The van der Waals surface area contributed by atoms with Gasteiger partial charge in [-0.1, -0.05) is 0 Å². The lowest BCUT2D eigenvalue weighted by atomic mass is 10.0. The van der Waals surface area contributed by atoms with Gasteiger partial charge in [-0.2, -0.15) is 5.26 Å². The first kappa shape index (κ1) is 17.7. The van der Waals surface area contributed by atoms with Crippen LogP contribution in [0, 0.1) is 11.3 Å². The maximum absolute atomic E-state index is 12.4. The van der Waals surface area contributed by atoms with Gasteiger partial charge in [0, 0.05) is 30.9 Å². The lowest BCUT2D eigenvalue weighted by Crippen LogP contribution is -2.42. The van der Waals surface area contributed by atoms with Gasteiger partial charge in [0.05, 0.1) is 11.6 Å². The van der Waals surface area contributed by atoms with Crippen molar-refractivity contribution in [3.63, 3.8) is 0 Å². The van der Waals surface area contributed by atoms with Crippen molar-refractivity contribution in [1.82, 2.24) is 20.3 Å². The highest BCUT2D eigenvalue weighted by atomic mass is 16.2. The van der Waals surface area contributed by atoms with Gasteiger partial charge < -0.3 is 5.32 Å². The van der Waals surface area contributed by atoms with Gasteiger partial charge in [0.2, 0.25) is 0 Å². The number of carbonyl (C=O) groups excluding carboxylic acids is 2. The second-order valence-electron chi connectivity index (χ2n) is 6.94. The van der Waals surface area contributed by atoms with E-state index < -0.39 is 11.4 Å². The van der Waals surface area contributed by atoms with Crippen LogP contribution in [0.2, 0.25) is 0 Å². The third-order valence-electron chi connectivity index (χ3n) is 4.06. The van der Waals surface area contributed by atoms with Gasteiger partial charge in [-0.3, -0.25) is 14.6 Å². The van der Waals surface area contributed by atoms with Crippen LogP contribution < -0.4 is 5.32 Å². The van der Waals surface area contributed by atoms with Gasteiger partial charge in [-0.05, 0) is 44.4 Å². The van der Waals surface area contributed by atoms with E-state index in [1.807, 2.05) is 6.07 Å². The Bertz CT molecular complexity index is 880. The predicted molar refractivity (Wildman–Crippen MR) is 93.4 cm³/mol. The van der Waals surface area contributed by atoms with E-state index in [9.17, 15) is 9.59 Å². The van der Waals surface area contributed by atoms with Crippen LogP contribution in [-0.2, 0) is 6.42 Å². The Labute approximate surface area is 151 Å². The average molecular weight is 349 g/mol. The van der Waals surface area contributed by atoms with Crippen molar-refractivity contribution in [2.75, 3.05) is 0 Å². The van der Waals surface area contributed by atoms with Crippen molar-refractivity contribution in [3.05, 3.63) is 53.4 Å². The molecule has 1 N–H and O–H groups in total. The summed E-state index contributed by atoms with van der Waals surface area (Å²) in [6.45, 7) is 3.20. The molecule has 0 atom stereocenters. The molecular weight excluding hydrogens is 330 g/mol. The molecule has 0 radical (unpaired) electrons. The SMILES string of the molecule is CC(C)(C#N)NC(=O)c1cc(CC(=O)c2cnc(C3CC3)nc2)ccn1. The molecule has 3 rings (SSSR count). The number of ketones is 1. The Kier molecular flexibility index (Phi) is 4.76. The summed E-state index contributed by atoms with van der Waals surface area (Å²) in [7, 11) is 0. The van der Waals surface area contributed by atoms with Crippen molar-refractivity contribution in [3.8, 4) is 6.07 Å². The summed E-state index contributed by atoms with van der Waals surface area (Å²) in [5.41, 5.74) is 0.281. The van der Waals surface area contributed by atoms with Crippen LogP contribution in [0.25, 0.3) is 0 Å². The zero-order valence-corrected chi connectivity index (χ0v) is 14.7. The number of Topliss-reactive ketones (excluding diaryl/α,β-unsaturated/α-hetero) is 1. The summed E-state index contributed by atoms with van der Waals surface area (Å²) >= 11 is 0. The summed E-state index contributed by atoms with van der Waals surface area (Å²) in [5, 5.41) is 11.6. The third kappa shape index (κ3) is 4.28. The van der Waals surface area contributed by atoms with Crippen LogP contribution in [0.15, 0.2) is 30.7 Å². The number of hydrogen-bond acceptors (Lipinski definition) is 6. The second-order valence-corrected chi connectivity index (χ2v) is 6.94. The minimum absolute atomic E-state index is 0.122. The summed E-state index contributed by atoms with van der Waals surface area (Å²) in [6, 6.07) is 5.24. The van der Waals surface area contributed by atoms with E-state index >= 15 is 0 Å². The van der Waals surface area contributed by atoms with Crippen molar-refractivity contribution in [2.24, 2.45) is 0 Å². The molecule has 7 nitrogen and oxygen atoms in total. The molecule has 26 heavy (non-hydrogen) atoms. The number of rotatable bonds is 6. The van der Waals surface area contributed by atoms with Crippen molar-refractivity contribution >= 4 is 11.7 Å². The molecule has 7 heteroatoms. The van der Waals surface area contributed by atoms with E-state index in [1.165, 1.54) is 6.20 Å². The molecule has 0 aromatic carbocycles. The predicted octanol–water partition coefficient (Wildman–Crippen LogP) is 2.21. The van der Waals surface area contributed by atoms with E-state index in [0.717, 1.165) is 18.7 Å². The van der Waals surface area contributed by atoms with E-state index in [0.29, 0.717) is 17.0 Å². The van der Waals surface area contributed by atoms with E-state index in [2.05, 4.69) is 20.3 Å². The van der Waals surface area contributed by atoms with Gasteiger partial charge >= 0.3 is 0 Å². The maximum Gasteiger partial charge on any atom is 0.271 e. The highest BCUT2D eigenvalue weighted by Crippen LogP contribution is 2.37. The molecule has 0 bridgehead atoms. The van der Waals surface area contributed by atoms with Crippen LogP contribution in [-0.4, -0.2) is 32.2 Å². The van der Waals surface area contributed by atoms with Crippen molar-refractivity contribution < 1.29 is 9.59 Å². The smallest absolute Gasteiger partial charge is 0.271 e. The summed E-state index contributed by atoms with van der Waals surface area (Å²) in [5.74, 6) is 0.660. The largest absolute Gasteiger partial charge is 0.333 e. The van der Waals surface area contributed by atoms with Crippen molar-refractivity contribution in [2.45, 2.75) is 44.6 Å². The number of aromatic nitrogens is 3. The van der Waals surface area contributed by atoms with Crippen LogP contribution in [0.4, 0.5) is 0 Å². The molecule has 2 heterocycles. The minimum atomic E-state index is -0.995. The van der Waals surface area contributed by atoms with E-state index in [1.54, 1.807) is 38.4 Å². The normalized spacial score (nSPS) is 13.7. The van der Waals surface area contributed by atoms with Crippen molar-refractivity contribution in [1.29, 1.82) is 5.26 Å². The number of hydrogen-bond donors (Lipinski definition) is 1. The fourth-order valence-electron chi connectivity index (χ4n) is 2.41. The fourth-order valence-corrected chi connectivity index (χ4v) is 2.41. The molecule has 0 saturated heterocycles. The first-order valence-corrected chi connectivity index (χ1v) is 8.42. The van der Waals surface area contributed by atoms with E-state index in [4.69, 9.17) is 5.26 Å². The molecule has 0 spiro atoms. The molecule has 1 aliphatic rings. The zero-order chi connectivity index (χ0) is 18.7. The highest BCUT2D eigenvalue weighted by Gasteiger charge is 2.26. The Morgan fingerprint density at radius 3 is 2.58 bits per heavy atom. The van der Waals surface area contributed by atoms with Gasteiger partial charge in [0.15, 0.2) is 5.78 Å². The number of carbonyl (C=O) groups is 2. The molecule has 2 aromatic rings. The molecule has 1 fully saturated rings. The zero-order valence-electron chi connectivity index (χ0n) is 14.7. The molecule has 2 aromatic heterocycles. The fraction of sp³-hybridized carbons (Fsp3) is 0.368. The number of nitrogens with one attached hydrogen (secondary N) is 1. The summed E-state index contributed by atoms with van der Waals surface area (Å²) in [4.78, 5) is 37.2. The number of amides is 1. The molecule has 0 aliphatic heterocycles. The third-order valence-corrected chi connectivity index (χ3v) is 4.06. The standard InChI is InChI=1S/C19H19N5O2/c1-19(2,11-20)24-18(26)15-7-12(5-6-21-15)8-16(25)14-9-22-17(23-10-14)13-3-4-13/h5-7,9-10,13H,3-4,8H2,1-2H3,(H,24,26). The maximum atomic E-state index is 12.4. The lowest BCUT2D eigenvalue weighted by molar-refractivity contribution is 0.0922. The molecule has 132 valence electrons. The molecule has 1 saturated carbocycles. The van der Waals surface area contributed by atoms with Gasteiger partial charge in [0.25, 0.3) is 5.91 Å². The topological polar surface area (TPSA) is 109 Å². The average Bonchev–Trinajstić information content (AvgIpc) is 3.47. The Balaban J connectivity index is 1.68. The summed E-state index contributed by atoms with van der Waals surface area (Å²) in [6.07, 6.45) is 6.94. The van der Waals surface area contributed by atoms with Gasteiger partial charge in [-0.15, -0.1) is 0 Å². The van der Waals surface area contributed by atoms with Crippen LogP contribution >= 0.6 is 0 Å². The number of nitrogens with zero attached hydrogens (tertiary/aromatic N) is 4. The Morgan fingerprint density at radius 2 is 1.96 bits per heavy atom. The molecule has 1 amide bonds. The van der Waals surface area contributed by atoms with Crippen LogP contribution in [0.3, 0.4) is 0 Å². The lowest BCUT2D eigenvalue weighted by Gasteiger charge is -2.17. The quantitative estimate of drug-likeness (QED) is 0.801.